The van der Waals surface area contributed by atoms with E-state index >= 15 is 0 Å². The highest BCUT2D eigenvalue weighted by Gasteiger charge is 2.33. The van der Waals surface area contributed by atoms with Crippen molar-refractivity contribution in [2.75, 3.05) is 4.72 Å². The highest BCUT2D eigenvalue weighted by atomic mass is 35.5. The number of aromatic nitrogens is 1. The monoisotopic (exact) mass is 386 g/mol. The molecule has 0 saturated carbocycles. The highest BCUT2D eigenvalue weighted by Crippen LogP contribution is 2.34. The minimum atomic E-state index is -4.76. The number of carbonyl (C=O) groups is 1. The molecule has 124 valence electrons. The van der Waals surface area contributed by atoms with Gasteiger partial charge in [-0.05, 0) is 18.2 Å². The van der Waals surface area contributed by atoms with Gasteiger partial charge in [-0.15, -0.1) is 11.3 Å². The van der Waals surface area contributed by atoms with E-state index in [2.05, 4.69) is 4.98 Å². The fourth-order valence-corrected chi connectivity index (χ4v) is 4.05. The van der Waals surface area contributed by atoms with Gasteiger partial charge in [0.05, 0.1) is 16.1 Å². The number of thiazole rings is 1. The molecule has 0 radical (unpaired) electrons. The molecule has 23 heavy (non-hydrogen) atoms. The zero-order valence-electron chi connectivity index (χ0n) is 10.8. The number of halogens is 4. The number of hydrogen-bond acceptors (Lipinski definition) is 5. The highest BCUT2D eigenvalue weighted by molar-refractivity contribution is 7.93. The summed E-state index contributed by atoms with van der Waals surface area (Å²) in [7, 11) is -4.53. The summed E-state index contributed by atoms with van der Waals surface area (Å²) in [5.74, 6) is -1.49. The van der Waals surface area contributed by atoms with Crippen LogP contribution in [0.3, 0.4) is 0 Å². The van der Waals surface area contributed by atoms with Gasteiger partial charge in [-0.25, -0.2) is 18.2 Å². The predicted molar refractivity (Wildman–Crippen MR) is 76.3 cm³/mol. The zero-order valence-corrected chi connectivity index (χ0v) is 13.1. The van der Waals surface area contributed by atoms with Crippen LogP contribution in [0.25, 0.3) is 0 Å². The summed E-state index contributed by atoms with van der Waals surface area (Å²) in [6.07, 6.45) is -4.76. The Morgan fingerprint density at radius 2 is 2.00 bits per heavy atom. The number of hydrogen-bond donors (Lipinski definition) is 2. The maximum atomic E-state index is 12.7. The molecule has 0 aliphatic rings. The van der Waals surface area contributed by atoms with Crippen molar-refractivity contribution >= 4 is 43.9 Å². The number of alkyl halides is 3. The number of nitrogens with zero attached hydrogens (tertiary/aromatic N) is 1. The molecule has 0 fully saturated rings. The maximum absolute atomic E-state index is 12.7. The SMILES string of the molecule is O=C(O)c1ncsc1NS(=O)(=O)c1cc(C(F)(F)F)ccc1Cl. The third kappa shape index (κ3) is 3.74. The Kier molecular flexibility index (Phi) is 4.55. The fourth-order valence-electron chi connectivity index (χ4n) is 1.53. The minimum absolute atomic E-state index is 0.342. The molecule has 1 aromatic carbocycles. The van der Waals surface area contributed by atoms with Crippen molar-refractivity contribution in [3.63, 3.8) is 0 Å². The van der Waals surface area contributed by atoms with Crippen LogP contribution in [0.4, 0.5) is 18.2 Å². The molecule has 2 rings (SSSR count). The van der Waals surface area contributed by atoms with Gasteiger partial charge in [-0.1, -0.05) is 11.6 Å². The summed E-state index contributed by atoms with van der Waals surface area (Å²) in [6.45, 7) is 0. The molecule has 2 N–H and O–H groups in total. The van der Waals surface area contributed by atoms with Crippen LogP contribution in [0.15, 0.2) is 28.6 Å². The molecule has 0 saturated heterocycles. The van der Waals surface area contributed by atoms with E-state index in [-0.39, 0.29) is 5.00 Å². The van der Waals surface area contributed by atoms with Crippen LogP contribution in [0, 0.1) is 0 Å². The number of anilines is 1. The number of carboxylic acid groups (broad SMARTS) is 1. The number of sulfonamides is 1. The second-order valence-corrected chi connectivity index (χ2v) is 7.00. The van der Waals surface area contributed by atoms with Crippen molar-refractivity contribution < 1.29 is 31.5 Å². The van der Waals surface area contributed by atoms with Crippen molar-refractivity contribution in [1.82, 2.24) is 4.98 Å². The number of rotatable bonds is 4. The molecule has 0 bridgehead atoms. The number of benzene rings is 1. The van der Waals surface area contributed by atoms with E-state index in [1.165, 1.54) is 0 Å². The molecule has 0 unspecified atom stereocenters. The predicted octanol–water partition coefficient (Wildman–Crippen LogP) is 3.31. The van der Waals surface area contributed by atoms with Crippen LogP contribution < -0.4 is 4.72 Å². The Bertz CT molecular complexity index is 864. The summed E-state index contributed by atoms with van der Waals surface area (Å²) in [6, 6.07) is 1.80. The standard InChI is InChI=1S/C11H6ClF3N2O4S2/c12-6-2-1-5(11(13,14)15)3-7(6)23(20,21)17-9-8(10(18)19)16-4-22-9/h1-4,17H,(H,18,19). The molecular formula is C11H6ClF3N2O4S2. The summed E-state index contributed by atoms with van der Waals surface area (Å²) >= 11 is 6.33. The molecule has 0 amide bonds. The van der Waals surface area contributed by atoms with Gasteiger partial charge in [0.25, 0.3) is 10.0 Å². The molecule has 0 aliphatic heterocycles. The first-order chi connectivity index (χ1) is 10.5. The van der Waals surface area contributed by atoms with Gasteiger partial charge in [-0.2, -0.15) is 13.2 Å². The zero-order chi connectivity index (χ0) is 17.4. The summed E-state index contributed by atoms with van der Waals surface area (Å²) < 4.78 is 64.3. The summed E-state index contributed by atoms with van der Waals surface area (Å²) in [5, 5.41) is 8.08. The van der Waals surface area contributed by atoms with Gasteiger partial charge >= 0.3 is 12.1 Å². The smallest absolute Gasteiger partial charge is 0.416 e. The van der Waals surface area contributed by atoms with Crippen LogP contribution in [0.1, 0.15) is 16.1 Å². The lowest BCUT2D eigenvalue weighted by Gasteiger charge is -2.12. The summed E-state index contributed by atoms with van der Waals surface area (Å²) in [4.78, 5) is 13.5. The van der Waals surface area contributed by atoms with Gasteiger partial charge in [0.15, 0.2) is 5.69 Å². The molecule has 12 heteroatoms. The van der Waals surface area contributed by atoms with Gasteiger partial charge < -0.3 is 5.11 Å². The number of aromatic carboxylic acids is 1. The van der Waals surface area contributed by atoms with Gasteiger partial charge in [0.2, 0.25) is 0 Å². The Labute approximate surface area is 136 Å². The molecule has 2 aromatic rings. The number of carboxylic acids is 1. The topological polar surface area (TPSA) is 96.4 Å². The van der Waals surface area contributed by atoms with Crippen molar-refractivity contribution in [3.05, 3.63) is 40.0 Å². The van der Waals surface area contributed by atoms with Gasteiger partial charge in [0.1, 0.15) is 9.90 Å². The second-order valence-electron chi connectivity index (χ2n) is 4.08. The minimum Gasteiger partial charge on any atom is -0.476 e. The maximum Gasteiger partial charge on any atom is 0.416 e. The van der Waals surface area contributed by atoms with Crippen molar-refractivity contribution in [2.24, 2.45) is 0 Å². The van der Waals surface area contributed by atoms with E-state index in [9.17, 15) is 26.4 Å². The lowest BCUT2D eigenvalue weighted by molar-refractivity contribution is -0.137. The van der Waals surface area contributed by atoms with E-state index in [0.29, 0.717) is 23.5 Å². The Morgan fingerprint density at radius 1 is 1.35 bits per heavy atom. The van der Waals surface area contributed by atoms with E-state index in [1.807, 2.05) is 4.72 Å². The Hall–Kier alpha value is -1.85. The second kappa shape index (κ2) is 5.98. The van der Waals surface area contributed by atoms with Gasteiger partial charge in [-0.3, -0.25) is 4.72 Å². The summed E-state index contributed by atoms with van der Waals surface area (Å²) in [5.41, 5.74) is -0.693. The van der Waals surface area contributed by atoms with Gasteiger partial charge in [0, 0.05) is 0 Å². The molecular weight excluding hydrogens is 381 g/mol. The molecule has 1 aromatic heterocycles. The number of nitrogens with one attached hydrogen (secondary N) is 1. The molecule has 0 atom stereocenters. The largest absolute Gasteiger partial charge is 0.476 e. The average molecular weight is 387 g/mol. The van der Waals surface area contributed by atoms with Crippen LogP contribution in [-0.2, 0) is 16.2 Å². The quantitative estimate of drug-likeness (QED) is 0.840. The molecule has 1 heterocycles. The first-order valence-electron chi connectivity index (χ1n) is 5.58. The van der Waals surface area contributed by atoms with Crippen LogP contribution >= 0.6 is 22.9 Å². The third-order valence-corrected chi connectivity index (χ3v) is 5.25. The molecule has 6 nitrogen and oxygen atoms in total. The third-order valence-electron chi connectivity index (χ3n) is 2.55. The van der Waals surface area contributed by atoms with Crippen molar-refractivity contribution in [3.8, 4) is 0 Å². The Morgan fingerprint density at radius 3 is 2.57 bits per heavy atom. The average Bonchev–Trinajstić information content (AvgIpc) is 2.85. The van der Waals surface area contributed by atoms with Crippen molar-refractivity contribution in [1.29, 1.82) is 0 Å². The normalized spacial score (nSPS) is 12.2. The fraction of sp³-hybridized carbons (Fsp3) is 0.0909. The van der Waals surface area contributed by atoms with E-state index in [4.69, 9.17) is 16.7 Å². The van der Waals surface area contributed by atoms with Crippen LogP contribution in [-0.4, -0.2) is 24.5 Å². The lowest BCUT2D eigenvalue weighted by atomic mass is 10.2. The van der Waals surface area contributed by atoms with Crippen LogP contribution in [0.5, 0.6) is 0 Å². The van der Waals surface area contributed by atoms with E-state index in [0.717, 1.165) is 11.6 Å². The molecule has 0 aliphatic carbocycles. The lowest BCUT2D eigenvalue weighted by Crippen LogP contribution is -2.16. The van der Waals surface area contributed by atoms with Crippen LogP contribution in [0.2, 0.25) is 5.02 Å². The van der Waals surface area contributed by atoms with E-state index < -0.39 is 43.3 Å². The molecule has 0 spiro atoms. The van der Waals surface area contributed by atoms with Crippen molar-refractivity contribution in [2.45, 2.75) is 11.1 Å². The Balaban J connectivity index is 2.48. The first-order valence-corrected chi connectivity index (χ1v) is 8.33. The first kappa shape index (κ1) is 17.5. The van der Waals surface area contributed by atoms with E-state index in [1.54, 1.807) is 0 Å².